The zero-order chi connectivity index (χ0) is 29.7. The molecule has 0 aromatic heterocycles. The summed E-state index contributed by atoms with van der Waals surface area (Å²) < 4.78 is 0. The normalized spacial score (nSPS) is 15.9. The lowest BCUT2D eigenvalue weighted by molar-refractivity contribution is -0.139. The molecular weight excluding hydrogens is 551 g/mol. The number of hydrogen-bond donors (Lipinski definition) is 4. The minimum Gasteiger partial charge on any atom is -0.481 e. The Morgan fingerprint density at radius 3 is 2.27 bits per heavy atom. The maximum absolute atomic E-state index is 13.5. The molecule has 0 saturated carbocycles. The third-order valence-corrected chi connectivity index (χ3v) is 7.26. The number of carboxylic acids is 2. The third kappa shape index (κ3) is 7.20. The number of primary amides is 1. The Hall–Kier alpha value is -4.45. The summed E-state index contributed by atoms with van der Waals surface area (Å²) in [5.41, 5.74) is 9.12. The molecule has 0 aliphatic carbocycles. The predicted molar refractivity (Wildman–Crippen MR) is 152 cm³/mol. The average Bonchev–Trinajstić information content (AvgIpc) is 3.31. The van der Waals surface area contributed by atoms with Crippen molar-refractivity contribution in [2.75, 3.05) is 0 Å². The standard InChI is InChI=1S/C28H28BClN4O7/c30-19-3-1-2-18(14-19)16-4-6-17(7-5-16)23-15-20-8-11-24(35)34(20)29(33-23)21(9-12-25(36)37)28(41)32-22(27(31)40)10-13-26(38)39/h1-7,14-15,21-22H,8-13H2,(H2,31,40)(H,32,41)(H,36,37)(H,38,39)/t21-,22?/m1/s1. The lowest BCUT2D eigenvalue weighted by Gasteiger charge is -2.32. The summed E-state index contributed by atoms with van der Waals surface area (Å²) in [6, 6.07) is 13.6. The van der Waals surface area contributed by atoms with Gasteiger partial charge in [-0.05, 0) is 54.2 Å². The summed E-state index contributed by atoms with van der Waals surface area (Å²) in [6.07, 6.45) is 1.17. The average molecular weight is 579 g/mol. The molecule has 5 N–H and O–H groups in total. The van der Waals surface area contributed by atoms with E-state index in [0.717, 1.165) is 16.7 Å². The molecule has 13 heteroatoms. The lowest BCUT2D eigenvalue weighted by Crippen LogP contribution is -2.52. The minimum atomic E-state index is -1.29. The number of halogens is 1. The van der Waals surface area contributed by atoms with E-state index in [2.05, 4.69) is 5.32 Å². The van der Waals surface area contributed by atoms with Crippen LogP contribution < -0.4 is 11.1 Å². The molecule has 1 fully saturated rings. The number of amides is 3. The summed E-state index contributed by atoms with van der Waals surface area (Å²) in [6.45, 7) is -1.07. The molecule has 11 nitrogen and oxygen atoms in total. The molecule has 41 heavy (non-hydrogen) atoms. The highest BCUT2D eigenvalue weighted by Crippen LogP contribution is 2.35. The minimum absolute atomic E-state index is 0.183. The lowest BCUT2D eigenvalue weighted by atomic mass is 9.57. The number of aliphatic carboxylic acids is 2. The van der Waals surface area contributed by atoms with E-state index in [-0.39, 0.29) is 25.2 Å². The number of allylic oxidation sites excluding steroid dienone is 2. The first kappa shape index (κ1) is 29.5. The van der Waals surface area contributed by atoms with E-state index in [4.69, 9.17) is 27.3 Å². The number of benzene rings is 2. The first-order chi connectivity index (χ1) is 19.5. The summed E-state index contributed by atoms with van der Waals surface area (Å²) in [5.74, 6) is -5.41. The smallest absolute Gasteiger partial charge is 0.414 e. The number of rotatable bonds is 12. The molecule has 2 aromatic carbocycles. The second kappa shape index (κ2) is 12.8. The van der Waals surface area contributed by atoms with Gasteiger partial charge in [0.2, 0.25) is 17.7 Å². The van der Waals surface area contributed by atoms with Crippen LogP contribution in [0.2, 0.25) is 10.8 Å². The van der Waals surface area contributed by atoms with Crippen molar-refractivity contribution in [1.82, 2.24) is 10.1 Å². The van der Waals surface area contributed by atoms with Crippen molar-refractivity contribution in [2.45, 2.75) is 50.4 Å². The van der Waals surface area contributed by atoms with Gasteiger partial charge < -0.3 is 31.0 Å². The van der Waals surface area contributed by atoms with Gasteiger partial charge in [0.1, 0.15) is 6.04 Å². The van der Waals surface area contributed by atoms with Gasteiger partial charge in [0.15, 0.2) is 0 Å². The second-order valence-corrected chi connectivity index (χ2v) is 10.3. The van der Waals surface area contributed by atoms with E-state index in [1.54, 1.807) is 12.1 Å². The molecule has 2 atom stereocenters. The van der Waals surface area contributed by atoms with Crippen LogP contribution in [-0.4, -0.2) is 63.4 Å². The molecule has 1 saturated heterocycles. The van der Waals surface area contributed by atoms with Crippen molar-refractivity contribution in [3.63, 3.8) is 0 Å². The Morgan fingerprint density at radius 1 is 0.976 bits per heavy atom. The van der Waals surface area contributed by atoms with Crippen LogP contribution in [0, 0.1) is 0 Å². The molecule has 2 aromatic rings. The van der Waals surface area contributed by atoms with Crippen LogP contribution in [0.15, 0.2) is 65.2 Å². The van der Waals surface area contributed by atoms with Gasteiger partial charge in [-0.25, -0.2) is 0 Å². The number of fused-ring (bicyclic) bond motifs is 1. The third-order valence-electron chi connectivity index (χ3n) is 7.02. The van der Waals surface area contributed by atoms with Gasteiger partial charge in [0, 0.05) is 30.0 Å². The summed E-state index contributed by atoms with van der Waals surface area (Å²) >= 11 is 6.13. The molecule has 3 amide bonds. The summed E-state index contributed by atoms with van der Waals surface area (Å²) in [4.78, 5) is 66.9. The Balaban J connectivity index is 1.67. The summed E-state index contributed by atoms with van der Waals surface area (Å²) in [7, 11) is 0. The SMILES string of the molecule is NC(=O)C(CCC(=O)O)NC(=O)[C@@H](CCC(=O)O)B1N=C(c2ccc(-c3cccc(Cl)c3)cc2)C=C2CCC(=O)N12. The molecule has 1 unspecified atom stereocenters. The van der Waals surface area contributed by atoms with Crippen LogP contribution in [0.5, 0.6) is 0 Å². The van der Waals surface area contributed by atoms with Crippen LogP contribution in [0.4, 0.5) is 0 Å². The van der Waals surface area contributed by atoms with E-state index < -0.39 is 55.4 Å². The van der Waals surface area contributed by atoms with Gasteiger partial charge >= 0.3 is 18.9 Å². The van der Waals surface area contributed by atoms with Gasteiger partial charge in [-0.1, -0.05) is 48.0 Å². The number of carbonyl (C=O) groups is 5. The fourth-order valence-electron chi connectivity index (χ4n) is 4.95. The number of hydrogen-bond acceptors (Lipinski definition) is 6. The first-order valence-corrected chi connectivity index (χ1v) is 13.4. The first-order valence-electron chi connectivity index (χ1n) is 13.0. The monoisotopic (exact) mass is 578 g/mol. The number of carboxylic acid groups (broad SMARTS) is 2. The molecule has 0 bridgehead atoms. The maximum atomic E-state index is 13.5. The van der Waals surface area contributed by atoms with Crippen molar-refractivity contribution in [3.05, 3.63) is 70.9 Å². The predicted octanol–water partition coefficient (Wildman–Crippen LogP) is 2.87. The molecule has 0 radical (unpaired) electrons. The van der Waals surface area contributed by atoms with Crippen molar-refractivity contribution in [2.24, 2.45) is 10.6 Å². The number of nitrogens with two attached hydrogens (primary N) is 1. The van der Waals surface area contributed by atoms with Crippen molar-refractivity contribution < 1.29 is 34.2 Å². The molecule has 2 aliphatic heterocycles. The molecular formula is C28H28BClN4O7. The van der Waals surface area contributed by atoms with Gasteiger partial charge in [-0.2, -0.15) is 0 Å². The van der Waals surface area contributed by atoms with Gasteiger partial charge in [-0.15, -0.1) is 0 Å². The molecule has 4 rings (SSSR count). The Kier molecular flexibility index (Phi) is 9.23. The van der Waals surface area contributed by atoms with Crippen molar-refractivity contribution >= 4 is 54.0 Å². The van der Waals surface area contributed by atoms with Crippen LogP contribution in [-0.2, 0) is 24.0 Å². The van der Waals surface area contributed by atoms with E-state index in [9.17, 15) is 29.1 Å². The zero-order valence-corrected chi connectivity index (χ0v) is 22.7. The van der Waals surface area contributed by atoms with Crippen LogP contribution in [0.3, 0.4) is 0 Å². The van der Waals surface area contributed by atoms with E-state index in [1.807, 2.05) is 42.5 Å². The largest absolute Gasteiger partial charge is 0.481 e. The van der Waals surface area contributed by atoms with Crippen molar-refractivity contribution in [1.29, 1.82) is 0 Å². The van der Waals surface area contributed by atoms with Crippen LogP contribution in [0.1, 0.15) is 44.1 Å². The highest BCUT2D eigenvalue weighted by Gasteiger charge is 2.46. The molecule has 2 heterocycles. The second-order valence-electron chi connectivity index (χ2n) is 9.85. The van der Waals surface area contributed by atoms with E-state index in [0.29, 0.717) is 22.9 Å². The van der Waals surface area contributed by atoms with Gasteiger partial charge in [-0.3, -0.25) is 24.0 Å². The van der Waals surface area contributed by atoms with Crippen LogP contribution >= 0.6 is 11.6 Å². The van der Waals surface area contributed by atoms with Crippen LogP contribution in [0.25, 0.3) is 11.1 Å². The number of nitrogens with one attached hydrogen (secondary N) is 1. The Morgan fingerprint density at radius 2 is 1.63 bits per heavy atom. The molecule has 2 aliphatic rings. The number of carbonyl (C=O) groups excluding carboxylic acids is 3. The van der Waals surface area contributed by atoms with Gasteiger partial charge in [0.25, 0.3) is 0 Å². The van der Waals surface area contributed by atoms with Gasteiger partial charge in [0.05, 0.1) is 11.5 Å². The molecule has 212 valence electrons. The Bertz CT molecular complexity index is 1440. The highest BCUT2D eigenvalue weighted by molar-refractivity contribution is 6.66. The number of nitrogens with zero attached hydrogens (tertiary/aromatic N) is 2. The molecule has 0 spiro atoms. The zero-order valence-electron chi connectivity index (χ0n) is 22.0. The fraction of sp³-hybridized carbons (Fsp3) is 0.286. The highest BCUT2D eigenvalue weighted by atomic mass is 35.5. The quantitative estimate of drug-likeness (QED) is 0.279. The maximum Gasteiger partial charge on any atom is 0.414 e. The fourth-order valence-corrected chi connectivity index (χ4v) is 5.14. The summed E-state index contributed by atoms with van der Waals surface area (Å²) in [5, 5.41) is 21.4. The van der Waals surface area contributed by atoms with E-state index in [1.165, 1.54) is 4.81 Å². The topological polar surface area (TPSA) is 179 Å². The Labute approximate surface area is 241 Å². The van der Waals surface area contributed by atoms with Crippen molar-refractivity contribution in [3.8, 4) is 11.1 Å². The van der Waals surface area contributed by atoms with E-state index >= 15 is 0 Å².